The molecule has 0 saturated heterocycles. The Bertz CT molecular complexity index is 1320. The van der Waals surface area contributed by atoms with Gasteiger partial charge in [0.1, 0.15) is 16.6 Å². The van der Waals surface area contributed by atoms with Crippen molar-refractivity contribution in [2.75, 3.05) is 32.6 Å². The number of rotatable bonds is 9. The van der Waals surface area contributed by atoms with Gasteiger partial charge < -0.3 is 14.5 Å². The third kappa shape index (κ3) is 8.55. The van der Waals surface area contributed by atoms with Crippen LogP contribution in [0.2, 0.25) is 0 Å². The van der Waals surface area contributed by atoms with E-state index in [9.17, 15) is 36.9 Å². The fourth-order valence-corrected chi connectivity index (χ4v) is 4.83. The minimum Gasteiger partial charge on any atom is -0.462 e. The van der Waals surface area contributed by atoms with Crippen LogP contribution in [-0.2, 0) is 22.6 Å². The van der Waals surface area contributed by atoms with Crippen molar-refractivity contribution in [2.24, 2.45) is 0 Å². The highest BCUT2D eigenvalue weighted by Crippen LogP contribution is 2.43. The summed E-state index contributed by atoms with van der Waals surface area (Å²) in [6.45, 7) is 2.14. The number of anilines is 1. The van der Waals surface area contributed by atoms with E-state index in [0.29, 0.717) is 28.2 Å². The van der Waals surface area contributed by atoms with Gasteiger partial charge in [-0.05, 0) is 50.8 Å². The number of nitrogens with zero attached hydrogens (tertiary/aromatic N) is 3. The lowest BCUT2D eigenvalue weighted by Gasteiger charge is -2.20. The standard InChI is InChI=1S/C24H25F2N3O4S.C2HF3O/c1-5-33-24(30)21-18(13-27(2)3)22(15-9-11-16(12-10-15)29(31)32)34-23(21)28(4)14-17-19(25)7-6-8-20(17)26;3-2(4,5)1-6/h6-12H,5,13-14H2,1-4H3;1H. The molecule has 1 heterocycles. The van der Waals surface area contributed by atoms with Crippen LogP contribution in [0.3, 0.4) is 0 Å². The summed E-state index contributed by atoms with van der Waals surface area (Å²) in [5, 5.41) is 11.6. The van der Waals surface area contributed by atoms with Crippen molar-refractivity contribution < 1.29 is 41.2 Å². The van der Waals surface area contributed by atoms with Crippen LogP contribution in [0.15, 0.2) is 42.5 Å². The zero-order valence-corrected chi connectivity index (χ0v) is 22.7. The maximum Gasteiger partial charge on any atom is 0.446 e. The van der Waals surface area contributed by atoms with Gasteiger partial charge in [-0.3, -0.25) is 14.9 Å². The molecule has 0 radical (unpaired) electrons. The quantitative estimate of drug-likeness (QED) is 0.0964. The Balaban J connectivity index is 0.000000840. The molecule has 0 saturated carbocycles. The van der Waals surface area contributed by atoms with Crippen LogP contribution in [0.1, 0.15) is 28.4 Å². The number of carbonyl (C=O) groups is 2. The number of nitro groups is 1. The topological polar surface area (TPSA) is 93.0 Å². The summed E-state index contributed by atoms with van der Waals surface area (Å²) in [6, 6.07) is 9.72. The number of thiophene rings is 1. The molecule has 40 heavy (non-hydrogen) atoms. The number of aldehydes is 1. The molecule has 0 aliphatic carbocycles. The smallest absolute Gasteiger partial charge is 0.446 e. The second kappa shape index (κ2) is 13.9. The summed E-state index contributed by atoms with van der Waals surface area (Å²) in [5.41, 5.74) is 1.52. The Labute approximate surface area is 230 Å². The molecule has 216 valence electrons. The number of alkyl halides is 3. The lowest BCUT2D eigenvalue weighted by atomic mass is 10.0. The number of hydrogen-bond donors (Lipinski definition) is 0. The molecular formula is C26H26F5N3O5S. The predicted molar refractivity (Wildman–Crippen MR) is 140 cm³/mol. The number of nitro benzene ring substituents is 1. The fourth-order valence-electron chi connectivity index (χ4n) is 3.56. The van der Waals surface area contributed by atoms with Gasteiger partial charge in [0.05, 0.1) is 17.1 Å². The van der Waals surface area contributed by atoms with Gasteiger partial charge in [0.15, 0.2) is 0 Å². The number of carbonyl (C=O) groups excluding carboxylic acids is 2. The Morgan fingerprint density at radius 1 is 1.02 bits per heavy atom. The first kappa shape index (κ1) is 32.3. The Morgan fingerprint density at radius 2 is 1.57 bits per heavy atom. The summed E-state index contributed by atoms with van der Waals surface area (Å²) in [5.74, 6) is -1.89. The van der Waals surface area contributed by atoms with E-state index in [4.69, 9.17) is 9.53 Å². The molecule has 2 aromatic carbocycles. The number of non-ortho nitro benzene ring substituents is 1. The molecule has 3 aromatic rings. The van der Waals surface area contributed by atoms with E-state index in [1.165, 1.54) is 41.7 Å². The van der Waals surface area contributed by atoms with Crippen LogP contribution in [0.25, 0.3) is 10.4 Å². The summed E-state index contributed by atoms with van der Waals surface area (Å²) in [6.07, 6.45) is -5.70. The zero-order chi connectivity index (χ0) is 30.2. The van der Waals surface area contributed by atoms with Crippen molar-refractivity contribution in [3.05, 3.63) is 80.9 Å². The summed E-state index contributed by atoms with van der Waals surface area (Å²) in [7, 11) is 5.36. The monoisotopic (exact) mass is 587 g/mol. The maximum atomic E-state index is 14.3. The first-order valence-corrected chi connectivity index (χ1v) is 12.4. The van der Waals surface area contributed by atoms with Gasteiger partial charge in [0.25, 0.3) is 5.69 Å². The summed E-state index contributed by atoms with van der Waals surface area (Å²) < 4.78 is 65.2. The molecule has 0 bridgehead atoms. The van der Waals surface area contributed by atoms with E-state index in [0.717, 1.165) is 4.88 Å². The number of esters is 1. The second-order valence-electron chi connectivity index (χ2n) is 8.57. The van der Waals surface area contributed by atoms with Crippen LogP contribution in [0, 0.1) is 21.7 Å². The van der Waals surface area contributed by atoms with E-state index in [1.807, 2.05) is 19.0 Å². The van der Waals surface area contributed by atoms with Crippen molar-refractivity contribution in [1.82, 2.24) is 4.90 Å². The second-order valence-corrected chi connectivity index (χ2v) is 9.57. The van der Waals surface area contributed by atoms with Crippen LogP contribution < -0.4 is 4.90 Å². The van der Waals surface area contributed by atoms with Crippen molar-refractivity contribution in [1.29, 1.82) is 0 Å². The van der Waals surface area contributed by atoms with Crippen molar-refractivity contribution in [3.8, 4) is 10.4 Å². The highest BCUT2D eigenvalue weighted by molar-refractivity contribution is 7.20. The highest BCUT2D eigenvalue weighted by atomic mass is 32.1. The van der Waals surface area contributed by atoms with Gasteiger partial charge in [0.2, 0.25) is 6.29 Å². The third-order valence-corrected chi connectivity index (χ3v) is 6.62. The largest absolute Gasteiger partial charge is 0.462 e. The van der Waals surface area contributed by atoms with Crippen molar-refractivity contribution in [3.63, 3.8) is 0 Å². The average Bonchev–Trinajstić information content (AvgIpc) is 3.25. The molecule has 0 unspecified atom stereocenters. The lowest BCUT2D eigenvalue weighted by molar-refractivity contribution is -0.384. The molecule has 0 N–H and O–H groups in total. The minimum absolute atomic E-state index is 0.0487. The maximum absolute atomic E-state index is 14.3. The number of halogens is 5. The van der Waals surface area contributed by atoms with E-state index in [-0.39, 0.29) is 24.4 Å². The SMILES string of the molecule is CCOC(=O)c1c(N(C)Cc2c(F)cccc2F)sc(-c2ccc([N+](=O)[O-])cc2)c1CN(C)C.O=CC(F)(F)F. The minimum atomic E-state index is -4.64. The van der Waals surface area contributed by atoms with Gasteiger partial charge in [-0.15, -0.1) is 11.3 Å². The van der Waals surface area contributed by atoms with Crippen LogP contribution in [0.4, 0.5) is 32.6 Å². The normalized spacial score (nSPS) is 11.1. The third-order valence-electron chi connectivity index (χ3n) is 5.22. The first-order chi connectivity index (χ1) is 18.7. The molecule has 3 rings (SSSR count). The van der Waals surface area contributed by atoms with Gasteiger partial charge in [0, 0.05) is 48.3 Å². The van der Waals surface area contributed by atoms with Crippen LogP contribution in [0.5, 0.6) is 0 Å². The number of hydrogen-bond acceptors (Lipinski definition) is 8. The molecule has 1 aromatic heterocycles. The van der Waals surface area contributed by atoms with Crippen molar-refractivity contribution >= 4 is 34.3 Å². The molecule has 0 amide bonds. The molecule has 0 atom stereocenters. The highest BCUT2D eigenvalue weighted by Gasteiger charge is 2.29. The number of benzene rings is 2. The fraction of sp³-hybridized carbons (Fsp3) is 0.308. The molecule has 14 heteroatoms. The van der Waals surface area contributed by atoms with Gasteiger partial charge in [-0.1, -0.05) is 6.07 Å². The molecule has 0 aliphatic heterocycles. The van der Waals surface area contributed by atoms with Crippen LogP contribution in [-0.4, -0.2) is 56.0 Å². The molecule has 0 fully saturated rings. The lowest BCUT2D eigenvalue weighted by Crippen LogP contribution is -2.21. The van der Waals surface area contributed by atoms with Gasteiger partial charge in [-0.25, -0.2) is 13.6 Å². The first-order valence-electron chi connectivity index (χ1n) is 11.6. The summed E-state index contributed by atoms with van der Waals surface area (Å²) in [4.78, 5) is 36.6. The van der Waals surface area contributed by atoms with Gasteiger partial charge >= 0.3 is 12.1 Å². The molecule has 0 aliphatic rings. The van der Waals surface area contributed by atoms with E-state index >= 15 is 0 Å². The van der Waals surface area contributed by atoms with Crippen LogP contribution >= 0.6 is 11.3 Å². The van der Waals surface area contributed by atoms with Crippen molar-refractivity contribution in [2.45, 2.75) is 26.2 Å². The average molecular weight is 588 g/mol. The molecular weight excluding hydrogens is 561 g/mol. The zero-order valence-electron chi connectivity index (χ0n) is 21.9. The van der Waals surface area contributed by atoms with E-state index in [1.54, 1.807) is 31.0 Å². The Hall–Kier alpha value is -3.91. The molecule has 8 nitrogen and oxygen atoms in total. The Kier molecular flexibility index (Phi) is 11.3. The number of ether oxygens (including phenoxy) is 1. The molecule has 0 spiro atoms. The van der Waals surface area contributed by atoms with Gasteiger partial charge in [-0.2, -0.15) is 13.2 Å². The summed E-state index contributed by atoms with van der Waals surface area (Å²) >= 11 is 1.27. The Morgan fingerprint density at radius 3 is 2.02 bits per heavy atom. The predicted octanol–water partition coefficient (Wildman–Crippen LogP) is 6.22. The van der Waals surface area contributed by atoms with E-state index in [2.05, 4.69) is 0 Å². The van der Waals surface area contributed by atoms with E-state index < -0.39 is 35.0 Å².